The number of hydrogen-bond acceptors (Lipinski definition) is 5. The van der Waals surface area contributed by atoms with Gasteiger partial charge in [0.1, 0.15) is 5.75 Å². The molecule has 2 aromatic carbocycles. The van der Waals surface area contributed by atoms with Crippen molar-refractivity contribution < 1.29 is 23.9 Å². The van der Waals surface area contributed by atoms with E-state index in [4.69, 9.17) is 21.1 Å². The second-order valence-corrected chi connectivity index (χ2v) is 7.63. The van der Waals surface area contributed by atoms with Gasteiger partial charge in [-0.15, -0.1) is 0 Å². The quantitative estimate of drug-likeness (QED) is 0.709. The molecule has 7 nitrogen and oxygen atoms in total. The minimum absolute atomic E-state index is 0.00684. The lowest BCUT2D eigenvalue weighted by Gasteiger charge is -2.19. The summed E-state index contributed by atoms with van der Waals surface area (Å²) < 4.78 is 10.4. The van der Waals surface area contributed by atoms with Gasteiger partial charge < -0.3 is 19.7 Å². The van der Waals surface area contributed by atoms with E-state index in [-0.39, 0.29) is 18.9 Å². The van der Waals surface area contributed by atoms with Crippen LogP contribution in [0.3, 0.4) is 0 Å². The standard InChI is InChI=1S/C22H23ClN2O5/c1-13-4-5-14(2)17(8-13)24-20(26)12-30-22(28)15-9-21(27)25(11-15)18-10-16(23)6-7-19(18)29-3/h4-8,10,15H,9,11-12H2,1-3H3,(H,24,26)/t15-/m0/s1. The van der Waals surface area contributed by atoms with Crippen LogP contribution < -0.4 is 15.0 Å². The molecule has 8 heteroatoms. The van der Waals surface area contributed by atoms with Crippen molar-refractivity contribution in [3.8, 4) is 5.75 Å². The fourth-order valence-corrected chi connectivity index (χ4v) is 3.45. The molecule has 0 radical (unpaired) electrons. The maximum Gasteiger partial charge on any atom is 0.311 e. The number of hydrogen-bond donors (Lipinski definition) is 1. The van der Waals surface area contributed by atoms with Gasteiger partial charge in [-0.1, -0.05) is 23.7 Å². The Morgan fingerprint density at radius 2 is 1.97 bits per heavy atom. The first-order valence-electron chi connectivity index (χ1n) is 9.46. The summed E-state index contributed by atoms with van der Waals surface area (Å²) in [7, 11) is 1.49. The van der Waals surface area contributed by atoms with Crippen LogP contribution in [-0.2, 0) is 19.1 Å². The molecule has 1 N–H and O–H groups in total. The van der Waals surface area contributed by atoms with Crippen LogP contribution in [0, 0.1) is 19.8 Å². The maximum atomic E-state index is 12.5. The van der Waals surface area contributed by atoms with E-state index in [0.717, 1.165) is 11.1 Å². The van der Waals surface area contributed by atoms with E-state index in [1.54, 1.807) is 18.2 Å². The number of methoxy groups -OCH3 is 1. The lowest BCUT2D eigenvalue weighted by atomic mass is 10.1. The van der Waals surface area contributed by atoms with Crippen LogP contribution in [0.1, 0.15) is 17.5 Å². The van der Waals surface area contributed by atoms with E-state index in [0.29, 0.717) is 22.1 Å². The van der Waals surface area contributed by atoms with Crippen LogP contribution in [0.4, 0.5) is 11.4 Å². The Bertz CT molecular complexity index is 991. The molecule has 1 fully saturated rings. The molecule has 3 rings (SSSR count). The van der Waals surface area contributed by atoms with Gasteiger partial charge in [-0.05, 0) is 49.2 Å². The molecule has 0 spiro atoms. The summed E-state index contributed by atoms with van der Waals surface area (Å²) >= 11 is 6.04. The smallest absolute Gasteiger partial charge is 0.311 e. The molecule has 0 saturated carbocycles. The summed E-state index contributed by atoms with van der Waals surface area (Å²) in [6.45, 7) is 3.52. The second kappa shape index (κ2) is 9.17. The summed E-state index contributed by atoms with van der Waals surface area (Å²) in [5.74, 6) is -1.46. The number of benzene rings is 2. The lowest BCUT2D eigenvalue weighted by Crippen LogP contribution is -2.28. The number of esters is 1. The van der Waals surface area contributed by atoms with Gasteiger partial charge in [0, 0.05) is 23.7 Å². The van der Waals surface area contributed by atoms with Gasteiger partial charge in [-0.2, -0.15) is 0 Å². The Kier molecular flexibility index (Phi) is 6.62. The molecule has 0 aromatic heterocycles. The van der Waals surface area contributed by atoms with Gasteiger partial charge in [0.15, 0.2) is 6.61 Å². The van der Waals surface area contributed by atoms with Crippen LogP contribution in [0.25, 0.3) is 0 Å². The van der Waals surface area contributed by atoms with E-state index in [1.165, 1.54) is 12.0 Å². The Balaban J connectivity index is 1.59. The molecule has 0 bridgehead atoms. The second-order valence-electron chi connectivity index (χ2n) is 7.20. The summed E-state index contributed by atoms with van der Waals surface area (Å²) in [5, 5.41) is 3.19. The third-order valence-corrected chi connectivity index (χ3v) is 5.14. The van der Waals surface area contributed by atoms with Crippen LogP contribution in [0.2, 0.25) is 5.02 Å². The monoisotopic (exact) mass is 430 g/mol. The number of ether oxygens (including phenoxy) is 2. The minimum Gasteiger partial charge on any atom is -0.495 e. The van der Waals surface area contributed by atoms with Gasteiger partial charge >= 0.3 is 5.97 Å². The highest BCUT2D eigenvalue weighted by molar-refractivity contribution is 6.31. The third kappa shape index (κ3) is 4.91. The van der Waals surface area contributed by atoms with Crippen molar-refractivity contribution in [2.24, 2.45) is 5.92 Å². The van der Waals surface area contributed by atoms with Crippen molar-refractivity contribution in [1.82, 2.24) is 0 Å². The predicted molar refractivity (Wildman–Crippen MR) is 114 cm³/mol. The number of carbonyl (C=O) groups excluding carboxylic acids is 3. The van der Waals surface area contributed by atoms with E-state index in [2.05, 4.69) is 5.32 Å². The van der Waals surface area contributed by atoms with E-state index >= 15 is 0 Å². The largest absolute Gasteiger partial charge is 0.495 e. The number of rotatable bonds is 6. The highest BCUT2D eigenvalue weighted by atomic mass is 35.5. The van der Waals surface area contributed by atoms with Crippen LogP contribution in [0.15, 0.2) is 36.4 Å². The van der Waals surface area contributed by atoms with Gasteiger partial charge in [0.2, 0.25) is 5.91 Å². The average Bonchev–Trinajstić information content (AvgIpc) is 3.10. The zero-order valence-electron chi connectivity index (χ0n) is 17.0. The fraction of sp³-hybridized carbons (Fsp3) is 0.318. The van der Waals surface area contributed by atoms with Crippen molar-refractivity contribution in [2.75, 3.05) is 30.5 Å². The van der Waals surface area contributed by atoms with E-state index in [1.807, 2.05) is 32.0 Å². The molecule has 0 aliphatic carbocycles. The molecule has 1 saturated heterocycles. The molecule has 1 heterocycles. The predicted octanol–water partition coefficient (Wildman–Crippen LogP) is 3.50. The van der Waals surface area contributed by atoms with Crippen molar-refractivity contribution in [3.05, 3.63) is 52.5 Å². The number of aryl methyl sites for hydroxylation is 2. The fourth-order valence-electron chi connectivity index (χ4n) is 3.28. The summed E-state index contributed by atoms with van der Waals surface area (Å²) in [4.78, 5) is 38.5. The van der Waals surface area contributed by atoms with Crippen LogP contribution in [0.5, 0.6) is 5.75 Å². The Hall–Kier alpha value is -3.06. The van der Waals surface area contributed by atoms with Crippen molar-refractivity contribution >= 4 is 40.8 Å². The SMILES string of the molecule is COc1ccc(Cl)cc1N1C[C@@H](C(=O)OCC(=O)Nc2cc(C)ccc2C)CC1=O. The van der Waals surface area contributed by atoms with Crippen molar-refractivity contribution in [3.63, 3.8) is 0 Å². The first-order chi connectivity index (χ1) is 14.3. The highest BCUT2D eigenvalue weighted by Gasteiger charge is 2.37. The molecular weight excluding hydrogens is 408 g/mol. The molecule has 158 valence electrons. The lowest BCUT2D eigenvalue weighted by molar-refractivity contribution is -0.151. The zero-order valence-corrected chi connectivity index (χ0v) is 17.8. The first-order valence-corrected chi connectivity index (χ1v) is 9.84. The van der Waals surface area contributed by atoms with Gasteiger partial charge in [-0.25, -0.2) is 0 Å². The van der Waals surface area contributed by atoms with Gasteiger partial charge in [-0.3, -0.25) is 14.4 Å². The number of halogens is 1. The maximum absolute atomic E-state index is 12.5. The zero-order chi connectivity index (χ0) is 21.8. The number of nitrogens with one attached hydrogen (secondary N) is 1. The molecule has 30 heavy (non-hydrogen) atoms. The molecule has 1 aliphatic heterocycles. The van der Waals surface area contributed by atoms with Crippen LogP contribution >= 0.6 is 11.6 Å². The summed E-state index contributed by atoms with van der Waals surface area (Å²) in [5.41, 5.74) is 3.09. The highest BCUT2D eigenvalue weighted by Crippen LogP contribution is 2.35. The van der Waals surface area contributed by atoms with E-state index < -0.39 is 24.4 Å². The molecule has 2 amide bonds. The number of amides is 2. The summed E-state index contributed by atoms with van der Waals surface area (Å²) in [6, 6.07) is 10.6. The van der Waals surface area contributed by atoms with Crippen LogP contribution in [-0.4, -0.2) is 38.0 Å². The molecule has 1 aliphatic rings. The Labute approximate surface area is 179 Å². The van der Waals surface area contributed by atoms with E-state index in [9.17, 15) is 14.4 Å². The van der Waals surface area contributed by atoms with Crippen molar-refractivity contribution in [1.29, 1.82) is 0 Å². The first kappa shape index (κ1) is 21.6. The van der Waals surface area contributed by atoms with Crippen molar-refractivity contribution in [2.45, 2.75) is 20.3 Å². The third-order valence-electron chi connectivity index (χ3n) is 4.90. The number of carbonyl (C=O) groups is 3. The average molecular weight is 431 g/mol. The molecule has 1 atom stereocenters. The number of anilines is 2. The molecule has 0 unspecified atom stereocenters. The summed E-state index contributed by atoms with van der Waals surface area (Å²) in [6.07, 6.45) is -0.00684. The molecular formula is C22H23ClN2O5. The normalized spacial score (nSPS) is 15.8. The molecule has 2 aromatic rings. The Morgan fingerprint density at radius 3 is 2.70 bits per heavy atom. The topological polar surface area (TPSA) is 84.9 Å². The number of nitrogens with zero attached hydrogens (tertiary/aromatic N) is 1. The Morgan fingerprint density at radius 1 is 1.20 bits per heavy atom. The van der Waals surface area contributed by atoms with Gasteiger partial charge in [0.05, 0.1) is 18.7 Å². The van der Waals surface area contributed by atoms with Gasteiger partial charge in [0.25, 0.3) is 5.91 Å². The minimum atomic E-state index is -0.672.